The lowest BCUT2D eigenvalue weighted by Gasteiger charge is -2.34. The van der Waals surface area contributed by atoms with E-state index in [4.69, 9.17) is 0 Å². The molecule has 2 aliphatic heterocycles. The topological polar surface area (TPSA) is 26.8 Å². The summed E-state index contributed by atoms with van der Waals surface area (Å²) in [4.78, 5) is 19.2. The minimum atomic E-state index is -0.293. The molecule has 0 aliphatic carbocycles. The van der Waals surface area contributed by atoms with Gasteiger partial charge in [0, 0.05) is 44.7 Å². The monoisotopic (exact) mass is 337 g/mol. The molecular weight excluding hydrogens is 313 g/mol. The van der Waals surface area contributed by atoms with Crippen molar-refractivity contribution in [1.29, 1.82) is 0 Å². The Bertz CT molecular complexity index is 577. The van der Waals surface area contributed by atoms with E-state index in [9.17, 15) is 9.18 Å². The lowest BCUT2D eigenvalue weighted by atomic mass is 10.2. The number of halogens is 1. The molecular formula is C17H24FN3OS. The fourth-order valence-corrected chi connectivity index (χ4v) is 4.25. The van der Waals surface area contributed by atoms with Crippen molar-refractivity contribution in [3.05, 3.63) is 24.0 Å². The van der Waals surface area contributed by atoms with Gasteiger partial charge in [-0.15, -0.1) is 0 Å². The highest BCUT2D eigenvalue weighted by Crippen LogP contribution is 2.33. The first-order valence-corrected chi connectivity index (χ1v) is 9.37. The van der Waals surface area contributed by atoms with Gasteiger partial charge in [-0.2, -0.15) is 11.8 Å². The molecule has 0 saturated carbocycles. The largest absolute Gasteiger partial charge is 0.373 e. The molecule has 0 unspecified atom stereocenters. The fraction of sp³-hybridized carbons (Fsp3) is 0.588. The maximum Gasteiger partial charge on any atom is 0.244 e. The second-order valence-corrected chi connectivity index (χ2v) is 7.45. The summed E-state index contributed by atoms with van der Waals surface area (Å²) in [5, 5.41) is 0. The first-order chi connectivity index (χ1) is 11.1. The third-order valence-corrected chi connectivity index (χ3v) is 5.67. The Balaban J connectivity index is 1.87. The van der Waals surface area contributed by atoms with Crippen molar-refractivity contribution in [1.82, 2.24) is 4.90 Å². The first-order valence-electron chi connectivity index (χ1n) is 8.22. The molecule has 3 rings (SSSR count). The molecule has 0 bridgehead atoms. The van der Waals surface area contributed by atoms with Crippen molar-refractivity contribution in [2.75, 3.05) is 54.5 Å². The zero-order valence-corrected chi connectivity index (χ0v) is 14.6. The maximum atomic E-state index is 13.8. The normalized spacial score (nSPS) is 20.8. The van der Waals surface area contributed by atoms with Gasteiger partial charge in [0.25, 0.3) is 0 Å². The molecule has 2 aliphatic rings. The maximum absolute atomic E-state index is 13.8. The Morgan fingerprint density at radius 2 is 1.91 bits per heavy atom. The Morgan fingerprint density at radius 1 is 1.17 bits per heavy atom. The number of amides is 1. The molecule has 2 heterocycles. The minimum Gasteiger partial charge on any atom is -0.373 e. The predicted octanol–water partition coefficient (Wildman–Crippen LogP) is 2.44. The number of carbonyl (C=O) groups excluding carboxylic acids is 1. The van der Waals surface area contributed by atoms with Crippen molar-refractivity contribution < 1.29 is 9.18 Å². The molecule has 1 atom stereocenters. The van der Waals surface area contributed by atoms with E-state index < -0.39 is 0 Å². The van der Waals surface area contributed by atoms with Gasteiger partial charge in [-0.05, 0) is 31.5 Å². The molecule has 6 heteroatoms. The van der Waals surface area contributed by atoms with Crippen molar-refractivity contribution in [3.63, 3.8) is 0 Å². The van der Waals surface area contributed by atoms with Crippen LogP contribution in [-0.2, 0) is 4.79 Å². The fourth-order valence-electron chi connectivity index (χ4n) is 3.32. The van der Waals surface area contributed by atoms with Crippen LogP contribution in [0.25, 0.3) is 0 Å². The van der Waals surface area contributed by atoms with E-state index in [1.54, 1.807) is 11.0 Å². The number of benzene rings is 1. The molecule has 126 valence electrons. The number of carbonyl (C=O) groups is 1. The van der Waals surface area contributed by atoms with Gasteiger partial charge in [0.2, 0.25) is 5.91 Å². The molecule has 0 N–H and O–H groups in total. The van der Waals surface area contributed by atoms with Crippen LogP contribution in [0.4, 0.5) is 15.8 Å². The molecule has 0 spiro atoms. The number of fused-ring (bicyclic) bond motifs is 1. The predicted molar refractivity (Wildman–Crippen MR) is 95.0 cm³/mol. The Kier molecular flexibility index (Phi) is 5.11. The van der Waals surface area contributed by atoms with Gasteiger partial charge in [0.15, 0.2) is 0 Å². The van der Waals surface area contributed by atoms with Crippen LogP contribution in [0.1, 0.15) is 13.3 Å². The number of hydrogen-bond acceptors (Lipinski definition) is 4. The van der Waals surface area contributed by atoms with Gasteiger partial charge in [-0.25, -0.2) is 4.39 Å². The highest BCUT2D eigenvalue weighted by molar-refractivity contribution is 7.99. The van der Waals surface area contributed by atoms with Gasteiger partial charge < -0.3 is 9.80 Å². The second-order valence-electron chi connectivity index (χ2n) is 6.22. The average molecular weight is 337 g/mol. The first kappa shape index (κ1) is 16.6. The molecule has 23 heavy (non-hydrogen) atoms. The molecule has 0 aromatic heterocycles. The minimum absolute atomic E-state index is 0.0825. The third-order valence-electron chi connectivity index (χ3n) is 4.73. The Hall–Kier alpha value is -1.27. The van der Waals surface area contributed by atoms with Gasteiger partial charge >= 0.3 is 0 Å². The van der Waals surface area contributed by atoms with E-state index in [-0.39, 0.29) is 17.8 Å². The zero-order chi connectivity index (χ0) is 16.4. The number of anilines is 2. The van der Waals surface area contributed by atoms with Gasteiger partial charge in [-0.1, -0.05) is 0 Å². The van der Waals surface area contributed by atoms with E-state index in [1.165, 1.54) is 12.1 Å². The summed E-state index contributed by atoms with van der Waals surface area (Å²) < 4.78 is 13.8. The summed E-state index contributed by atoms with van der Waals surface area (Å²) in [6.07, 6.45) is 0.890. The van der Waals surface area contributed by atoms with Crippen LogP contribution in [0.3, 0.4) is 0 Å². The average Bonchev–Trinajstić information content (AvgIpc) is 2.73. The van der Waals surface area contributed by atoms with Crippen molar-refractivity contribution in [3.8, 4) is 0 Å². The smallest absolute Gasteiger partial charge is 0.244 e. The summed E-state index contributed by atoms with van der Waals surface area (Å²) in [7, 11) is 2.00. The van der Waals surface area contributed by atoms with Crippen molar-refractivity contribution in [2.24, 2.45) is 0 Å². The molecule has 1 amide bonds. The van der Waals surface area contributed by atoms with Gasteiger partial charge in [0.1, 0.15) is 5.82 Å². The molecule has 1 saturated heterocycles. The number of nitrogens with zero attached hydrogens (tertiary/aromatic N) is 3. The van der Waals surface area contributed by atoms with Crippen LogP contribution < -0.4 is 9.80 Å². The van der Waals surface area contributed by atoms with Crippen LogP contribution in [0.2, 0.25) is 0 Å². The standard InChI is InChI=1S/C17H24FN3OS/c1-13(20-8-10-23-11-9-20)17(22)21-7-3-6-19(2)15-5-4-14(18)12-16(15)21/h4-5,12-13H,3,6-11H2,1-2H3/t13-/m1/s1. The van der Waals surface area contributed by atoms with Gasteiger partial charge in [-0.3, -0.25) is 9.69 Å². The van der Waals surface area contributed by atoms with E-state index in [0.29, 0.717) is 12.2 Å². The van der Waals surface area contributed by atoms with Crippen LogP contribution in [0, 0.1) is 5.82 Å². The van der Waals surface area contributed by atoms with Crippen molar-refractivity contribution >= 4 is 29.0 Å². The van der Waals surface area contributed by atoms with Crippen LogP contribution >= 0.6 is 11.8 Å². The number of hydrogen-bond donors (Lipinski definition) is 0. The van der Waals surface area contributed by atoms with Crippen molar-refractivity contribution in [2.45, 2.75) is 19.4 Å². The lowest BCUT2D eigenvalue weighted by Crippen LogP contribution is -2.50. The summed E-state index contributed by atoms with van der Waals surface area (Å²) >= 11 is 1.93. The van der Waals surface area contributed by atoms with Crippen LogP contribution in [-0.4, -0.2) is 61.6 Å². The second kappa shape index (κ2) is 7.09. The number of rotatable bonds is 2. The SMILES string of the molecule is C[C@H](C(=O)N1CCCN(C)c2ccc(F)cc21)N1CCSCC1. The van der Waals surface area contributed by atoms with Crippen LogP contribution in [0.5, 0.6) is 0 Å². The Morgan fingerprint density at radius 3 is 2.65 bits per heavy atom. The summed E-state index contributed by atoms with van der Waals surface area (Å²) in [6, 6.07) is 4.58. The molecule has 1 aromatic carbocycles. The summed E-state index contributed by atoms with van der Waals surface area (Å²) in [5.74, 6) is 1.94. The molecule has 1 aromatic rings. The molecule has 1 fully saturated rings. The Labute approximate surface area is 141 Å². The van der Waals surface area contributed by atoms with E-state index in [2.05, 4.69) is 9.80 Å². The third kappa shape index (κ3) is 3.48. The highest BCUT2D eigenvalue weighted by Gasteiger charge is 2.30. The lowest BCUT2D eigenvalue weighted by molar-refractivity contribution is -0.123. The summed E-state index contributed by atoms with van der Waals surface area (Å²) in [6.45, 7) is 5.39. The van der Waals surface area contributed by atoms with E-state index in [0.717, 1.165) is 43.2 Å². The van der Waals surface area contributed by atoms with E-state index >= 15 is 0 Å². The quantitative estimate of drug-likeness (QED) is 0.828. The highest BCUT2D eigenvalue weighted by atomic mass is 32.2. The molecule has 4 nitrogen and oxygen atoms in total. The van der Waals surface area contributed by atoms with Crippen LogP contribution in [0.15, 0.2) is 18.2 Å². The van der Waals surface area contributed by atoms with E-state index in [1.807, 2.05) is 25.7 Å². The number of thioether (sulfide) groups is 1. The summed E-state index contributed by atoms with van der Waals surface area (Å²) in [5.41, 5.74) is 1.63. The molecule has 0 radical (unpaired) electrons. The zero-order valence-electron chi connectivity index (χ0n) is 13.8. The van der Waals surface area contributed by atoms with Gasteiger partial charge in [0.05, 0.1) is 17.4 Å².